The lowest BCUT2D eigenvalue weighted by Crippen LogP contribution is -2.44. The minimum Gasteiger partial charge on any atom is -0.367 e. The van der Waals surface area contributed by atoms with E-state index >= 15 is 0 Å². The number of aromatic amines is 1. The molecule has 3 aromatic carbocycles. The number of nitrogens with one attached hydrogen (secondary N) is 2. The SMILES string of the molecule is CN1CCN(c2ccc(-c3n[nH]c(=O)c4ccccc34)cc2NC(=O)c2cccc(C#N)c2)CC1. The summed E-state index contributed by atoms with van der Waals surface area (Å²) < 4.78 is 0. The first-order valence-electron chi connectivity index (χ1n) is 11.4. The van der Waals surface area contributed by atoms with Crippen LogP contribution in [0, 0.1) is 11.3 Å². The molecular weight excluding hydrogens is 440 g/mol. The standard InChI is InChI=1S/C27H24N6O2/c1-32-11-13-33(14-12-32)24-10-9-19(25-21-7-2-3-8-22(21)27(35)31-30-25)16-23(24)29-26(34)20-6-4-5-18(15-20)17-28/h2-10,15-16H,11-14H2,1H3,(H,29,34)(H,31,35). The van der Waals surface area contributed by atoms with Crippen molar-refractivity contribution in [1.82, 2.24) is 15.1 Å². The highest BCUT2D eigenvalue weighted by molar-refractivity contribution is 6.07. The lowest BCUT2D eigenvalue weighted by Gasteiger charge is -2.35. The first-order chi connectivity index (χ1) is 17.0. The van der Waals surface area contributed by atoms with Crippen molar-refractivity contribution >= 4 is 28.1 Å². The molecule has 8 nitrogen and oxygen atoms in total. The third-order valence-corrected chi connectivity index (χ3v) is 6.31. The van der Waals surface area contributed by atoms with Gasteiger partial charge in [-0.05, 0) is 43.4 Å². The van der Waals surface area contributed by atoms with Crippen LogP contribution < -0.4 is 15.8 Å². The molecule has 4 aromatic rings. The number of nitriles is 1. The van der Waals surface area contributed by atoms with Crippen molar-refractivity contribution in [3.8, 4) is 17.3 Å². The molecule has 0 saturated carbocycles. The second-order valence-electron chi connectivity index (χ2n) is 8.62. The van der Waals surface area contributed by atoms with Gasteiger partial charge in [0.05, 0.1) is 34.1 Å². The fourth-order valence-electron chi connectivity index (χ4n) is 4.37. The Hall–Kier alpha value is -4.48. The van der Waals surface area contributed by atoms with E-state index < -0.39 is 0 Å². The first kappa shape index (κ1) is 22.3. The van der Waals surface area contributed by atoms with Crippen LogP contribution in [0.1, 0.15) is 15.9 Å². The van der Waals surface area contributed by atoms with Gasteiger partial charge in [0.25, 0.3) is 11.5 Å². The number of hydrogen-bond acceptors (Lipinski definition) is 6. The Morgan fingerprint density at radius 1 is 1.00 bits per heavy atom. The number of nitrogens with zero attached hydrogens (tertiary/aromatic N) is 4. The zero-order valence-electron chi connectivity index (χ0n) is 19.3. The third-order valence-electron chi connectivity index (χ3n) is 6.31. The number of benzene rings is 3. The van der Waals surface area contributed by atoms with Crippen molar-refractivity contribution in [1.29, 1.82) is 5.26 Å². The third kappa shape index (κ3) is 4.50. The van der Waals surface area contributed by atoms with Gasteiger partial charge in [-0.15, -0.1) is 0 Å². The zero-order chi connectivity index (χ0) is 24.4. The monoisotopic (exact) mass is 464 g/mol. The molecule has 2 heterocycles. The van der Waals surface area contributed by atoms with E-state index in [2.05, 4.69) is 38.4 Å². The van der Waals surface area contributed by atoms with Crippen molar-refractivity contribution < 1.29 is 4.79 Å². The number of aromatic nitrogens is 2. The Morgan fingerprint density at radius 2 is 1.77 bits per heavy atom. The largest absolute Gasteiger partial charge is 0.367 e. The number of likely N-dealkylation sites (N-methyl/N-ethyl adjacent to an activating group) is 1. The predicted octanol–water partition coefficient (Wildman–Crippen LogP) is 3.47. The number of rotatable bonds is 4. The van der Waals surface area contributed by atoms with Crippen molar-refractivity contribution in [2.45, 2.75) is 0 Å². The summed E-state index contributed by atoms with van der Waals surface area (Å²) in [5.74, 6) is -0.297. The molecule has 174 valence electrons. The van der Waals surface area contributed by atoms with Crippen LogP contribution in [0.3, 0.4) is 0 Å². The average Bonchev–Trinajstić information content (AvgIpc) is 2.90. The van der Waals surface area contributed by atoms with Crippen LogP contribution in [0.25, 0.3) is 22.0 Å². The molecule has 0 radical (unpaired) electrons. The summed E-state index contributed by atoms with van der Waals surface area (Å²) in [6, 6.07) is 21.9. The maximum Gasteiger partial charge on any atom is 0.272 e. The second kappa shape index (κ2) is 9.41. The highest BCUT2D eigenvalue weighted by Gasteiger charge is 2.20. The molecule has 0 spiro atoms. The molecule has 1 fully saturated rings. The molecule has 1 saturated heterocycles. The van der Waals surface area contributed by atoms with E-state index in [1.165, 1.54) is 0 Å². The van der Waals surface area contributed by atoms with Gasteiger partial charge in [0.1, 0.15) is 0 Å². The summed E-state index contributed by atoms with van der Waals surface area (Å²) in [5.41, 5.74) is 3.56. The molecule has 2 N–H and O–H groups in total. The highest BCUT2D eigenvalue weighted by atomic mass is 16.1. The molecule has 1 amide bonds. The molecule has 0 aliphatic carbocycles. The van der Waals surface area contributed by atoms with E-state index in [0.29, 0.717) is 27.9 Å². The van der Waals surface area contributed by atoms with Gasteiger partial charge >= 0.3 is 0 Å². The number of amides is 1. The van der Waals surface area contributed by atoms with E-state index in [1.807, 2.05) is 36.4 Å². The second-order valence-corrected chi connectivity index (χ2v) is 8.62. The van der Waals surface area contributed by atoms with Crippen LogP contribution in [-0.2, 0) is 0 Å². The van der Waals surface area contributed by atoms with Gasteiger partial charge in [-0.3, -0.25) is 9.59 Å². The number of carbonyl (C=O) groups is 1. The van der Waals surface area contributed by atoms with Gasteiger partial charge in [0, 0.05) is 42.7 Å². The normalized spacial score (nSPS) is 14.0. The van der Waals surface area contributed by atoms with Crippen LogP contribution in [0.15, 0.2) is 71.5 Å². The summed E-state index contributed by atoms with van der Waals surface area (Å²) in [7, 11) is 2.10. The number of anilines is 2. The first-order valence-corrected chi connectivity index (χ1v) is 11.4. The summed E-state index contributed by atoms with van der Waals surface area (Å²) in [5, 5.41) is 20.5. The smallest absolute Gasteiger partial charge is 0.272 e. The van der Waals surface area contributed by atoms with Gasteiger partial charge in [0.15, 0.2) is 0 Å². The minimum atomic E-state index is -0.297. The number of hydrogen-bond donors (Lipinski definition) is 2. The fraction of sp³-hybridized carbons (Fsp3) is 0.185. The van der Waals surface area contributed by atoms with Crippen molar-refractivity contribution in [3.63, 3.8) is 0 Å². The lowest BCUT2D eigenvalue weighted by molar-refractivity contribution is 0.102. The molecule has 8 heteroatoms. The van der Waals surface area contributed by atoms with Gasteiger partial charge in [-0.25, -0.2) is 5.10 Å². The summed E-state index contributed by atoms with van der Waals surface area (Å²) >= 11 is 0. The maximum atomic E-state index is 13.2. The van der Waals surface area contributed by atoms with E-state index in [-0.39, 0.29) is 11.5 Å². The van der Waals surface area contributed by atoms with Gasteiger partial charge in [0.2, 0.25) is 0 Å². The van der Waals surface area contributed by atoms with Crippen LogP contribution >= 0.6 is 0 Å². The predicted molar refractivity (Wildman–Crippen MR) is 137 cm³/mol. The minimum absolute atomic E-state index is 0.246. The number of H-pyrrole nitrogens is 1. The molecule has 5 rings (SSSR count). The quantitative estimate of drug-likeness (QED) is 0.479. The van der Waals surface area contributed by atoms with Gasteiger partial charge in [-0.2, -0.15) is 10.4 Å². The summed E-state index contributed by atoms with van der Waals surface area (Å²) in [6.07, 6.45) is 0. The maximum absolute atomic E-state index is 13.2. The van der Waals surface area contributed by atoms with Crippen molar-refractivity contribution in [2.24, 2.45) is 0 Å². The van der Waals surface area contributed by atoms with Crippen molar-refractivity contribution in [3.05, 3.63) is 88.2 Å². The molecule has 35 heavy (non-hydrogen) atoms. The molecule has 1 aliphatic heterocycles. The van der Waals surface area contributed by atoms with E-state index in [4.69, 9.17) is 0 Å². The Balaban J connectivity index is 1.58. The molecule has 0 bridgehead atoms. The van der Waals surface area contributed by atoms with Gasteiger partial charge < -0.3 is 15.1 Å². The molecule has 0 unspecified atom stereocenters. The Morgan fingerprint density at radius 3 is 2.54 bits per heavy atom. The molecule has 0 atom stereocenters. The number of carbonyl (C=O) groups excluding carboxylic acids is 1. The van der Waals surface area contributed by atoms with Crippen LogP contribution in [0.2, 0.25) is 0 Å². The molecule has 1 aliphatic rings. The highest BCUT2D eigenvalue weighted by Crippen LogP contribution is 2.34. The Kier molecular flexibility index (Phi) is 6.00. The molecule has 1 aromatic heterocycles. The number of fused-ring (bicyclic) bond motifs is 1. The van der Waals surface area contributed by atoms with Crippen LogP contribution in [0.4, 0.5) is 11.4 Å². The van der Waals surface area contributed by atoms with Gasteiger partial charge in [-0.1, -0.05) is 30.3 Å². The van der Waals surface area contributed by atoms with Crippen LogP contribution in [-0.4, -0.2) is 54.2 Å². The zero-order valence-corrected chi connectivity index (χ0v) is 19.3. The Labute approximate surface area is 202 Å². The van der Waals surface area contributed by atoms with Crippen molar-refractivity contribution in [2.75, 3.05) is 43.4 Å². The number of piperazine rings is 1. The lowest BCUT2D eigenvalue weighted by atomic mass is 10.0. The topological polar surface area (TPSA) is 105 Å². The van der Waals surface area contributed by atoms with E-state index in [0.717, 1.165) is 42.8 Å². The van der Waals surface area contributed by atoms with Crippen LogP contribution in [0.5, 0.6) is 0 Å². The average molecular weight is 465 g/mol. The van der Waals surface area contributed by atoms with E-state index in [9.17, 15) is 14.9 Å². The van der Waals surface area contributed by atoms with E-state index in [1.54, 1.807) is 30.3 Å². The molecular formula is C27H24N6O2. The fourth-order valence-corrected chi connectivity index (χ4v) is 4.37. The summed E-state index contributed by atoms with van der Waals surface area (Å²) in [4.78, 5) is 30.0. The summed E-state index contributed by atoms with van der Waals surface area (Å²) in [6.45, 7) is 3.52. The Bertz CT molecular complexity index is 1510.